The number of nitrogens with zero attached hydrogens (tertiary/aromatic N) is 1. The Morgan fingerprint density at radius 3 is 2.73 bits per heavy atom. The molecular formula is C8H14N4O3. The largest absolute Gasteiger partial charge is 0.351 e. The van der Waals surface area contributed by atoms with Crippen LogP contribution < -0.4 is 16.4 Å². The number of likely N-dealkylation sites (tertiary alicyclic amines) is 1. The van der Waals surface area contributed by atoms with Crippen molar-refractivity contribution in [3.05, 3.63) is 0 Å². The smallest absolute Gasteiger partial charge is 0.318 e. The van der Waals surface area contributed by atoms with Crippen molar-refractivity contribution in [2.24, 2.45) is 5.73 Å². The molecule has 1 unspecified atom stereocenters. The van der Waals surface area contributed by atoms with E-state index in [1.165, 1.54) is 0 Å². The van der Waals surface area contributed by atoms with E-state index >= 15 is 0 Å². The predicted molar refractivity (Wildman–Crippen MR) is 51.8 cm³/mol. The average Bonchev–Trinajstić information content (AvgIpc) is 2.44. The zero-order valence-corrected chi connectivity index (χ0v) is 8.45. The molecule has 0 aromatic rings. The third kappa shape index (κ3) is 3.21. The van der Waals surface area contributed by atoms with Gasteiger partial charge in [0.15, 0.2) is 0 Å². The van der Waals surface area contributed by atoms with Crippen LogP contribution in [0.4, 0.5) is 4.79 Å². The van der Waals surface area contributed by atoms with E-state index in [-0.39, 0.29) is 18.5 Å². The molecule has 0 aliphatic carbocycles. The molecule has 1 heterocycles. The van der Waals surface area contributed by atoms with Gasteiger partial charge in [-0.05, 0) is 6.42 Å². The lowest BCUT2D eigenvalue weighted by Crippen LogP contribution is -2.45. The number of carbonyl (C=O) groups excluding carboxylic acids is 3. The standard InChI is InChI=1S/C8H14N4O3/c1-12-3-2-5(7(12)14)10-4-6(13)11-8(9)15/h5,10H,2-4H2,1H3,(H3,9,11,13,15). The van der Waals surface area contributed by atoms with Crippen molar-refractivity contribution >= 4 is 17.8 Å². The molecule has 1 aliphatic rings. The lowest BCUT2D eigenvalue weighted by Gasteiger charge is -2.11. The molecule has 1 fully saturated rings. The van der Waals surface area contributed by atoms with Crippen molar-refractivity contribution in [2.45, 2.75) is 12.5 Å². The van der Waals surface area contributed by atoms with Crippen LogP contribution in [-0.4, -0.2) is 48.9 Å². The van der Waals surface area contributed by atoms with Gasteiger partial charge in [0.1, 0.15) is 0 Å². The minimum Gasteiger partial charge on any atom is -0.351 e. The second kappa shape index (κ2) is 4.74. The highest BCUT2D eigenvalue weighted by atomic mass is 16.2. The van der Waals surface area contributed by atoms with Gasteiger partial charge in [0, 0.05) is 13.6 Å². The Morgan fingerprint density at radius 1 is 1.60 bits per heavy atom. The predicted octanol–water partition coefficient (Wildman–Crippen LogP) is -2.00. The van der Waals surface area contributed by atoms with Gasteiger partial charge >= 0.3 is 6.03 Å². The molecule has 7 heteroatoms. The molecule has 1 rings (SSSR count). The van der Waals surface area contributed by atoms with E-state index in [1.807, 2.05) is 5.32 Å². The Kier molecular flexibility index (Phi) is 3.62. The van der Waals surface area contributed by atoms with E-state index in [9.17, 15) is 14.4 Å². The fourth-order valence-electron chi connectivity index (χ4n) is 1.41. The number of carbonyl (C=O) groups is 3. The Morgan fingerprint density at radius 2 is 2.27 bits per heavy atom. The highest BCUT2D eigenvalue weighted by molar-refractivity contribution is 5.94. The summed E-state index contributed by atoms with van der Waals surface area (Å²) in [5.41, 5.74) is 4.75. The van der Waals surface area contributed by atoms with Crippen LogP contribution >= 0.6 is 0 Å². The Bertz CT molecular complexity index is 292. The Balaban J connectivity index is 2.29. The lowest BCUT2D eigenvalue weighted by molar-refractivity contribution is -0.128. The van der Waals surface area contributed by atoms with E-state index in [0.717, 1.165) is 0 Å². The fraction of sp³-hybridized carbons (Fsp3) is 0.625. The van der Waals surface area contributed by atoms with Gasteiger partial charge in [0.25, 0.3) is 0 Å². The summed E-state index contributed by atoms with van der Waals surface area (Å²) in [5.74, 6) is -0.577. The van der Waals surface area contributed by atoms with Crippen molar-refractivity contribution in [3.8, 4) is 0 Å². The van der Waals surface area contributed by atoms with Gasteiger partial charge < -0.3 is 10.6 Å². The highest BCUT2D eigenvalue weighted by Gasteiger charge is 2.28. The first-order chi connectivity index (χ1) is 7.00. The van der Waals surface area contributed by atoms with Crippen LogP contribution in [0.2, 0.25) is 0 Å². The summed E-state index contributed by atoms with van der Waals surface area (Å²) in [4.78, 5) is 34.3. The monoisotopic (exact) mass is 214 g/mol. The summed E-state index contributed by atoms with van der Waals surface area (Å²) in [6.07, 6.45) is 0.666. The molecule has 0 bridgehead atoms. The quantitative estimate of drug-likeness (QED) is 0.505. The number of imide groups is 1. The number of urea groups is 1. The zero-order valence-electron chi connectivity index (χ0n) is 8.45. The van der Waals surface area contributed by atoms with Crippen LogP contribution in [0.15, 0.2) is 0 Å². The summed E-state index contributed by atoms with van der Waals surface area (Å²) in [6.45, 7) is 0.584. The van der Waals surface area contributed by atoms with Gasteiger partial charge in [-0.25, -0.2) is 4.79 Å². The van der Waals surface area contributed by atoms with E-state index in [2.05, 4.69) is 5.32 Å². The van der Waals surface area contributed by atoms with Gasteiger partial charge in [0.2, 0.25) is 11.8 Å². The van der Waals surface area contributed by atoms with E-state index < -0.39 is 11.9 Å². The molecule has 0 saturated carbocycles. The van der Waals surface area contributed by atoms with Gasteiger partial charge in [-0.15, -0.1) is 0 Å². The summed E-state index contributed by atoms with van der Waals surface area (Å²) in [5, 5.41) is 4.66. The second-order valence-corrected chi connectivity index (χ2v) is 3.39. The second-order valence-electron chi connectivity index (χ2n) is 3.39. The van der Waals surface area contributed by atoms with Gasteiger partial charge in [-0.1, -0.05) is 0 Å². The summed E-state index contributed by atoms with van der Waals surface area (Å²) in [6, 6.07) is -1.23. The van der Waals surface area contributed by atoms with Crippen LogP contribution in [-0.2, 0) is 9.59 Å². The topological polar surface area (TPSA) is 105 Å². The number of nitrogens with two attached hydrogens (primary N) is 1. The fourth-order valence-corrected chi connectivity index (χ4v) is 1.41. The lowest BCUT2D eigenvalue weighted by atomic mass is 10.2. The van der Waals surface area contributed by atoms with Gasteiger partial charge in [-0.3, -0.25) is 20.2 Å². The van der Waals surface area contributed by atoms with Crippen molar-refractivity contribution in [1.29, 1.82) is 0 Å². The van der Waals surface area contributed by atoms with E-state index in [1.54, 1.807) is 11.9 Å². The summed E-state index contributed by atoms with van der Waals surface area (Å²) in [7, 11) is 1.70. The van der Waals surface area contributed by atoms with Crippen LogP contribution in [0.1, 0.15) is 6.42 Å². The summed E-state index contributed by atoms with van der Waals surface area (Å²) < 4.78 is 0. The van der Waals surface area contributed by atoms with Gasteiger partial charge in [-0.2, -0.15) is 0 Å². The summed E-state index contributed by atoms with van der Waals surface area (Å²) >= 11 is 0. The van der Waals surface area contributed by atoms with Crippen LogP contribution in [0.5, 0.6) is 0 Å². The SMILES string of the molecule is CN1CCC(NCC(=O)NC(N)=O)C1=O. The number of hydrogen-bond acceptors (Lipinski definition) is 4. The van der Waals surface area contributed by atoms with Gasteiger partial charge in [0.05, 0.1) is 12.6 Å². The number of primary amides is 1. The first-order valence-electron chi connectivity index (χ1n) is 4.58. The molecule has 4 amide bonds. The van der Waals surface area contributed by atoms with Crippen LogP contribution in [0, 0.1) is 0 Å². The minimum atomic E-state index is -0.892. The number of amides is 4. The molecule has 84 valence electrons. The minimum absolute atomic E-state index is 0.0399. The maximum absolute atomic E-state index is 11.4. The molecule has 0 radical (unpaired) electrons. The molecule has 4 N–H and O–H groups in total. The maximum atomic E-state index is 11.4. The average molecular weight is 214 g/mol. The first kappa shape index (κ1) is 11.4. The molecule has 0 aromatic heterocycles. The third-order valence-electron chi connectivity index (χ3n) is 2.20. The Hall–Kier alpha value is -1.63. The maximum Gasteiger partial charge on any atom is 0.318 e. The number of nitrogens with one attached hydrogen (secondary N) is 2. The molecule has 1 saturated heterocycles. The number of likely N-dealkylation sites (N-methyl/N-ethyl adjacent to an activating group) is 1. The third-order valence-corrected chi connectivity index (χ3v) is 2.20. The van der Waals surface area contributed by atoms with E-state index in [0.29, 0.717) is 13.0 Å². The molecular weight excluding hydrogens is 200 g/mol. The van der Waals surface area contributed by atoms with Crippen molar-refractivity contribution < 1.29 is 14.4 Å². The molecule has 7 nitrogen and oxygen atoms in total. The van der Waals surface area contributed by atoms with Crippen molar-refractivity contribution in [2.75, 3.05) is 20.1 Å². The van der Waals surface area contributed by atoms with Crippen LogP contribution in [0.3, 0.4) is 0 Å². The van der Waals surface area contributed by atoms with Crippen molar-refractivity contribution in [1.82, 2.24) is 15.5 Å². The zero-order chi connectivity index (χ0) is 11.4. The number of rotatable bonds is 3. The Labute approximate surface area is 87.0 Å². The molecule has 1 atom stereocenters. The molecule has 15 heavy (non-hydrogen) atoms. The van der Waals surface area contributed by atoms with Crippen molar-refractivity contribution in [3.63, 3.8) is 0 Å². The number of hydrogen-bond donors (Lipinski definition) is 3. The highest BCUT2D eigenvalue weighted by Crippen LogP contribution is 2.07. The van der Waals surface area contributed by atoms with E-state index in [4.69, 9.17) is 5.73 Å². The first-order valence-corrected chi connectivity index (χ1v) is 4.58. The molecule has 1 aliphatic heterocycles. The molecule has 0 spiro atoms. The molecule has 0 aromatic carbocycles. The van der Waals surface area contributed by atoms with Crippen LogP contribution in [0.25, 0.3) is 0 Å². The normalized spacial score (nSPS) is 20.5.